The van der Waals surface area contributed by atoms with Crippen LogP contribution in [0.5, 0.6) is 5.75 Å². The monoisotopic (exact) mass is 418 g/mol. The number of methoxy groups -OCH3 is 1. The number of rotatable bonds is 7. The van der Waals surface area contributed by atoms with Crippen LogP contribution in [0.1, 0.15) is 22.6 Å². The highest BCUT2D eigenvalue weighted by Gasteiger charge is 2.21. The second-order valence-electron chi connectivity index (χ2n) is 7.16. The SMILES string of the molecule is COc1ccccc1CC(=O)NC[C@H](c1ccccc1Cl)c1c[nH]c2ccccc12. The van der Waals surface area contributed by atoms with Crippen LogP contribution in [-0.2, 0) is 11.2 Å². The Morgan fingerprint density at radius 2 is 1.73 bits per heavy atom. The molecule has 5 heteroatoms. The third kappa shape index (κ3) is 4.19. The molecule has 0 aliphatic rings. The van der Waals surface area contributed by atoms with E-state index in [0.29, 0.717) is 17.3 Å². The highest BCUT2D eigenvalue weighted by molar-refractivity contribution is 6.31. The van der Waals surface area contributed by atoms with E-state index in [1.54, 1.807) is 7.11 Å². The Morgan fingerprint density at radius 3 is 2.57 bits per heavy atom. The van der Waals surface area contributed by atoms with Crippen LogP contribution in [0, 0.1) is 0 Å². The number of hydrogen-bond donors (Lipinski definition) is 2. The zero-order chi connectivity index (χ0) is 20.9. The number of carbonyl (C=O) groups is 1. The number of nitrogens with one attached hydrogen (secondary N) is 2. The predicted molar refractivity (Wildman–Crippen MR) is 121 cm³/mol. The minimum atomic E-state index is -0.0727. The number of hydrogen-bond acceptors (Lipinski definition) is 2. The fourth-order valence-electron chi connectivity index (χ4n) is 3.83. The van der Waals surface area contributed by atoms with Crippen LogP contribution >= 0.6 is 11.6 Å². The second kappa shape index (κ2) is 9.06. The number of H-pyrrole nitrogens is 1. The third-order valence-corrected chi connectivity index (χ3v) is 5.67. The van der Waals surface area contributed by atoms with Gasteiger partial charge >= 0.3 is 0 Å². The lowest BCUT2D eigenvalue weighted by molar-refractivity contribution is -0.120. The number of aromatic nitrogens is 1. The lowest BCUT2D eigenvalue weighted by atomic mass is 9.90. The molecule has 1 aromatic heterocycles. The van der Waals surface area contributed by atoms with E-state index < -0.39 is 0 Å². The van der Waals surface area contributed by atoms with Crippen LogP contribution in [0.15, 0.2) is 79.0 Å². The van der Waals surface area contributed by atoms with Gasteiger partial charge in [0.05, 0.1) is 13.5 Å². The van der Waals surface area contributed by atoms with Crippen molar-refractivity contribution in [3.8, 4) is 5.75 Å². The molecular formula is C25H23ClN2O2. The van der Waals surface area contributed by atoms with Crippen molar-refractivity contribution >= 4 is 28.4 Å². The largest absolute Gasteiger partial charge is 0.496 e. The van der Waals surface area contributed by atoms with Gasteiger partial charge in [-0.15, -0.1) is 0 Å². The van der Waals surface area contributed by atoms with Crippen LogP contribution in [0.2, 0.25) is 5.02 Å². The topological polar surface area (TPSA) is 54.1 Å². The molecule has 1 heterocycles. The molecule has 4 rings (SSSR count). The Balaban J connectivity index is 1.59. The fraction of sp³-hybridized carbons (Fsp3) is 0.160. The Bertz CT molecular complexity index is 1170. The molecule has 0 radical (unpaired) electrons. The molecule has 0 saturated heterocycles. The molecule has 3 aromatic carbocycles. The Labute approximate surface area is 180 Å². The first kappa shape index (κ1) is 20.0. The first-order valence-electron chi connectivity index (χ1n) is 9.86. The maximum absolute atomic E-state index is 12.7. The zero-order valence-electron chi connectivity index (χ0n) is 16.7. The van der Waals surface area contributed by atoms with Crippen molar-refractivity contribution in [3.05, 3.63) is 101 Å². The van der Waals surface area contributed by atoms with E-state index in [4.69, 9.17) is 16.3 Å². The van der Waals surface area contributed by atoms with E-state index in [-0.39, 0.29) is 18.2 Å². The summed E-state index contributed by atoms with van der Waals surface area (Å²) in [6, 6.07) is 23.5. The van der Waals surface area contributed by atoms with E-state index in [9.17, 15) is 4.79 Å². The summed E-state index contributed by atoms with van der Waals surface area (Å²) in [5.74, 6) is 0.583. The van der Waals surface area contributed by atoms with Crippen LogP contribution < -0.4 is 10.1 Å². The lowest BCUT2D eigenvalue weighted by Crippen LogP contribution is -2.30. The molecule has 4 nitrogen and oxygen atoms in total. The maximum Gasteiger partial charge on any atom is 0.224 e. The highest BCUT2D eigenvalue weighted by atomic mass is 35.5. The molecule has 0 saturated carbocycles. The van der Waals surface area contributed by atoms with Crippen molar-refractivity contribution in [3.63, 3.8) is 0 Å². The van der Waals surface area contributed by atoms with Gasteiger partial charge in [-0.3, -0.25) is 4.79 Å². The summed E-state index contributed by atoms with van der Waals surface area (Å²) in [6.45, 7) is 0.444. The number of amides is 1. The van der Waals surface area contributed by atoms with Gasteiger partial charge in [0.1, 0.15) is 5.75 Å². The number of para-hydroxylation sites is 2. The third-order valence-electron chi connectivity index (χ3n) is 5.32. The first-order chi connectivity index (χ1) is 14.7. The van der Waals surface area contributed by atoms with Crippen LogP contribution in [-0.4, -0.2) is 24.5 Å². The van der Waals surface area contributed by atoms with Crippen LogP contribution in [0.4, 0.5) is 0 Å². The van der Waals surface area contributed by atoms with Crippen molar-refractivity contribution in [1.82, 2.24) is 10.3 Å². The molecule has 1 amide bonds. The molecule has 4 aromatic rings. The summed E-state index contributed by atoms with van der Waals surface area (Å²) in [5.41, 5.74) is 4.02. The van der Waals surface area contributed by atoms with Gasteiger partial charge in [-0.1, -0.05) is 66.2 Å². The number of benzene rings is 3. The molecule has 0 bridgehead atoms. The Kier molecular flexibility index (Phi) is 6.05. The zero-order valence-corrected chi connectivity index (χ0v) is 17.4. The Morgan fingerprint density at radius 1 is 1.00 bits per heavy atom. The van der Waals surface area contributed by atoms with Crippen molar-refractivity contribution in [2.45, 2.75) is 12.3 Å². The van der Waals surface area contributed by atoms with Gasteiger partial charge in [-0.05, 0) is 29.3 Å². The Hall–Kier alpha value is -3.24. The van der Waals surface area contributed by atoms with Gasteiger partial charge in [0.25, 0.3) is 0 Å². The standard InChI is InChI=1S/C25H23ClN2O2/c1-30-24-13-7-2-8-17(24)14-25(29)28-16-20(18-9-3-5-11-22(18)26)21-15-27-23-12-6-4-10-19(21)23/h2-13,15,20,27H,14,16H2,1H3,(H,28,29)/t20-/m1/s1. The molecule has 0 aliphatic heterocycles. The predicted octanol–water partition coefficient (Wildman–Crippen LogP) is 5.32. The van der Waals surface area contributed by atoms with Gasteiger partial charge < -0.3 is 15.0 Å². The second-order valence-corrected chi connectivity index (χ2v) is 7.56. The molecule has 2 N–H and O–H groups in total. The number of halogens is 1. The van der Waals surface area contributed by atoms with Crippen molar-refractivity contribution in [1.29, 1.82) is 0 Å². The minimum Gasteiger partial charge on any atom is -0.496 e. The van der Waals surface area contributed by atoms with E-state index >= 15 is 0 Å². The highest BCUT2D eigenvalue weighted by Crippen LogP contribution is 2.34. The molecule has 0 aliphatic carbocycles. The maximum atomic E-state index is 12.7. The van der Waals surface area contributed by atoms with E-state index in [0.717, 1.165) is 27.6 Å². The van der Waals surface area contributed by atoms with E-state index in [1.165, 1.54) is 0 Å². The molecule has 0 unspecified atom stereocenters. The quantitative estimate of drug-likeness (QED) is 0.426. The average Bonchev–Trinajstić information content (AvgIpc) is 3.19. The molecule has 30 heavy (non-hydrogen) atoms. The summed E-state index contributed by atoms with van der Waals surface area (Å²) in [4.78, 5) is 16.1. The normalized spacial score (nSPS) is 11.9. The van der Waals surface area contributed by atoms with Gasteiger partial charge in [0.2, 0.25) is 5.91 Å². The number of fused-ring (bicyclic) bond motifs is 1. The van der Waals surface area contributed by atoms with Gasteiger partial charge in [0.15, 0.2) is 0 Å². The lowest BCUT2D eigenvalue weighted by Gasteiger charge is -2.19. The van der Waals surface area contributed by atoms with Crippen molar-refractivity contribution in [2.24, 2.45) is 0 Å². The molecule has 1 atom stereocenters. The average molecular weight is 419 g/mol. The molecule has 0 fully saturated rings. The number of ether oxygens (including phenoxy) is 1. The summed E-state index contributed by atoms with van der Waals surface area (Å²) < 4.78 is 5.36. The van der Waals surface area contributed by atoms with E-state index in [2.05, 4.69) is 16.4 Å². The minimum absolute atomic E-state index is 0.0589. The first-order valence-corrected chi connectivity index (χ1v) is 10.2. The summed E-state index contributed by atoms with van der Waals surface area (Å²) in [7, 11) is 1.61. The van der Waals surface area contributed by atoms with Gasteiger partial charge in [-0.25, -0.2) is 0 Å². The number of aromatic amines is 1. The van der Waals surface area contributed by atoms with Crippen molar-refractivity contribution < 1.29 is 9.53 Å². The summed E-state index contributed by atoms with van der Waals surface area (Å²) in [5, 5.41) is 4.91. The molecular weight excluding hydrogens is 396 g/mol. The smallest absolute Gasteiger partial charge is 0.224 e. The van der Waals surface area contributed by atoms with Crippen molar-refractivity contribution in [2.75, 3.05) is 13.7 Å². The molecule has 0 spiro atoms. The fourth-order valence-corrected chi connectivity index (χ4v) is 4.10. The molecule has 152 valence electrons. The van der Waals surface area contributed by atoms with Crippen LogP contribution in [0.3, 0.4) is 0 Å². The number of carbonyl (C=O) groups excluding carboxylic acids is 1. The van der Waals surface area contributed by atoms with Crippen LogP contribution in [0.25, 0.3) is 10.9 Å². The van der Waals surface area contributed by atoms with Gasteiger partial charge in [0, 0.05) is 40.1 Å². The van der Waals surface area contributed by atoms with E-state index in [1.807, 2.05) is 72.9 Å². The summed E-state index contributed by atoms with van der Waals surface area (Å²) in [6.07, 6.45) is 2.26. The summed E-state index contributed by atoms with van der Waals surface area (Å²) >= 11 is 6.53. The van der Waals surface area contributed by atoms with Gasteiger partial charge in [-0.2, -0.15) is 0 Å².